The molecular formula is C6H6NO2-. The molecule has 0 unspecified atom stereocenters. The fourth-order valence-electron chi connectivity index (χ4n) is 0.559. The highest BCUT2D eigenvalue weighted by atomic mass is 16.3. The second-order valence-corrected chi connectivity index (χ2v) is 1.83. The number of rotatable bonds is 0. The van der Waals surface area contributed by atoms with E-state index in [1.807, 2.05) is 0 Å². The van der Waals surface area contributed by atoms with E-state index in [1.165, 1.54) is 6.07 Å². The predicted molar refractivity (Wildman–Crippen MR) is 31.2 cm³/mol. The van der Waals surface area contributed by atoms with E-state index < -0.39 is 11.3 Å². The number of aryl methyl sites for hydroxylation is 1. The molecule has 0 fully saturated rings. The van der Waals surface area contributed by atoms with Gasteiger partial charge in [-0.1, -0.05) is 6.07 Å². The Kier molecular flexibility index (Phi) is 1.26. The van der Waals surface area contributed by atoms with Crippen LogP contribution in [0.1, 0.15) is 5.69 Å². The lowest BCUT2D eigenvalue weighted by Crippen LogP contribution is -2.12. The van der Waals surface area contributed by atoms with Gasteiger partial charge in [0.2, 0.25) is 5.56 Å². The highest BCUT2D eigenvalue weighted by Gasteiger charge is 1.83. The fraction of sp³-hybridized carbons (Fsp3) is 0.167. The van der Waals surface area contributed by atoms with Crippen LogP contribution in [-0.4, -0.2) is 4.98 Å². The summed E-state index contributed by atoms with van der Waals surface area (Å²) in [6.45, 7) is 1.72. The molecule has 0 aliphatic heterocycles. The maximum Gasteiger partial charge on any atom is 0.240 e. The summed E-state index contributed by atoms with van der Waals surface area (Å²) in [5.41, 5.74) is 0.162. The molecule has 3 heteroatoms. The minimum atomic E-state index is -0.546. The number of hydrogen-bond acceptors (Lipinski definition) is 2. The zero-order valence-electron chi connectivity index (χ0n) is 4.97. The summed E-state index contributed by atoms with van der Waals surface area (Å²) in [4.78, 5) is 12.8. The molecule has 9 heavy (non-hydrogen) atoms. The quantitative estimate of drug-likeness (QED) is 0.518. The van der Waals surface area contributed by atoms with Gasteiger partial charge in [0.1, 0.15) is 0 Å². The average molecular weight is 124 g/mol. The van der Waals surface area contributed by atoms with E-state index in [1.54, 1.807) is 13.0 Å². The largest absolute Gasteiger partial charge is 0.869 e. The van der Waals surface area contributed by atoms with Gasteiger partial charge in [-0.05, 0) is 18.7 Å². The molecule has 0 aliphatic rings. The van der Waals surface area contributed by atoms with Crippen LogP contribution < -0.4 is 10.7 Å². The number of aromatic amines is 1. The van der Waals surface area contributed by atoms with Crippen LogP contribution in [0.25, 0.3) is 0 Å². The van der Waals surface area contributed by atoms with Gasteiger partial charge in [-0.3, -0.25) is 4.79 Å². The van der Waals surface area contributed by atoms with Gasteiger partial charge in [-0.2, -0.15) is 0 Å². The summed E-state index contributed by atoms with van der Waals surface area (Å²) in [5, 5.41) is 10.4. The van der Waals surface area contributed by atoms with Crippen LogP contribution in [0, 0.1) is 6.92 Å². The lowest BCUT2D eigenvalue weighted by atomic mass is 10.4. The van der Waals surface area contributed by atoms with Crippen molar-refractivity contribution < 1.29 is 5.11 Å². The van der Waals surface area contributed by atoms with Crippen molar-refractivity contribution in [2.45, 2.75) is 6.92 Å². The third kappa shape index (κ3) is 1.10. The summed E-state index contributed by atoms with van der Waals surface area (Å²) in [5.74, 6) is -0.486. The number of pyridine rings is 1. The molecule has 1 N–H and O–H groups in total. The van der Waals surface area contributed by atoms with Gasteiger partial charge < -0.3 is 10.1 Å². The maximum absolute atomic E-state index is 10.5. The summed E-state index contributed by atoms with van der Waals surface area (Å²) < 4.78 is 0. The van der Waals surface area contributed by atoms with Crippen molar-refractivity contribution in [3.8, 4) is 5.75 Å². The van der Waals surface area contributed by atoms with E-state index >= 15 is 0 Å². The lowest BCUT2D eigenvalue weighted by molar-refractivity contribution is -0.270. The van der Waals surface area contributed by atoms with Crippen molar-refractivity contribution in [2.75, 3.05) is 0 Å². The molecule has 1 rings (SSSR count). The molecule has 3 nitrogen and oxygen atoms in total. The third-order valence-corrected chi connectivity index (χ3v) is 1.02. The summed E-state index contributed by atoms with van der Waals surface area (Å²) in [7, 11) is 0. The van der Waals surface area contributed by atoms with E-state index in [2.05, 4.69) is 4.98 Å². The summed E-state index contributed by atoms with van der Waals surface area (Å²) in [6.07, 6.45) is 0. The Morgan fingerprint density at radius 3 is 2.67 bits per heavy atom. The Balaban J connectivity index is 3.34. The molecule has 0 bridgehead atoms. The molecule has 0 saturated carbocycles. The van der Waals surface area contributed by atoms with Crippen LogP contribution in [-0.2, 0) is 0 Å². The van der Waals surface area contributed by atoms with E-state index in [9.17, 15) is 9.90 Å². The first-order valence-electron chi connectivity index (χ1n) is 2.57. The van der Waals surface area contributed by atoms with Gasteiger partial charge in [0, 0.05) is 5.69 Å². The topological polar surface area (TPSA) is 55.9 Å². The van der Waals surface area contributed by atoms with Crippen LogP contribution in [0.2, 0.25) is 0 Å². The molecule has 1 aromatic heterocycles. The fourth-order valence-corrected chi connectivity index (χ4v) is 0.559. The smallest absolute Gasteiger partial charge is 0.240 e. The van der Waals surface area contributed by atoms with Gasteiger partial charge in [0.05, 0.1) is 0 Å². The van der Waals surface area contributed by atoms with Gasteiger partial charge in [0.15, 0.2) is 0 Å². The average Bonchev–Trinajstić information content (AvgIpc) is 1.80. The van der Waals surface area contributed by atoms with E-state index in [-0.39, 0.29) is 0 Å². The zero-order valence-corrected chi connectivity index (χ0v) is 4.97. The molecule has 48 valence electrons. The third-order valence-electron chi connectivity index (χ3n) is 1.02. The predicted octanol–water partition coefficient (Wildman–Crippen LogP) is -0.243. The molecule has 0 amide bonds. The molecule has 1 aromatic rings. The molecule has 0 atom stereocenters. The van der Waals surface area contributed by atoms with Crippen LogP contribution in [0.5, 0.6) is 5.75 Å². The summed E-state index contributed by atoms with van der Waals surface area (Å²) >= 11 is 0. The molecule has 0 aliphatic carbocycles. The second-order valence-electron chi connectivity index (χ2n) is 1.83. The van der Waals surface area contributed by atoms with Crippen molar-refractivity contribution in [3.63, 3.8) is 0 Å². The van der Waals surface area contributed by atoms with Crippen molar-refractivity contribution in [1.29, 1.82) is 0 Å². The SMILES string of the molecule is Cc1ccc([O-])c(=O)[nH]1. The Labute approximate surface area is 52.0 Å². The highest BCUT2D eigenvalue weighted by molar-refractivity contribution is 5.15. The zero-order chi connectivity index (χ0) is 6.85. The van der Waals surface area contributed by atoms with E-state index in [0.29, 0.717) is 5.69 Å². The minimum Gasteiger partial charge on any atom is -0.869 e. The van der Waals surface area contributed by atoms with Crippen molar-refractivity contribution in [3.05, 3.63) is 28.2 Å². The first-order chi connectivity index (χ1) is 4.20. The number of hydrogen-bond donors (Lipinski definition) is 1. The number of aromatic nitrogens is 1. The lowest BCUT2D eigenvalue weighted by Gasteiger charge is -2.00. The van der Waals surface area contributed by atoms with Gasteiger partial charge in [-0.15, -0.1) is 0 Å². The second kappa shape index (κ2) is 1.93. The van der Waals surface area contributed by atoms with Gasteiger partial charge in [-0.25, -0.2) is 0 Å². The van der Waals surface area contributed by atoms with Gasteiger partial charge >= 0.3 is 0 Å². The van der Waals surface area contributed by atoms with Crippen LogP contribution in [0.15, 0.2) is 16.9 Å². The number of nitrogens with one attached hydrogen (secondary N) is 1. The standard InChI is InChI=1S/C6H7NO2/c1-4-2-3-5(8)6(9)7-4/h2-3,8H,1H3,(H,7,9)/p-1. The Bertz CT molecular complexity index is 264. The van der Waals surface area contributed by atoms with Crippen LogP contribution in [0.4, 0.5) is 0 Å². The molecule has 1 heterocycles. The Morgan fingerprint density at radius 2 is 2.22 bits per heavy atom. The normalized spacial score (nSPS) is 9.44. The van der Waals surface area contributed by atoms with Crippen LogP contribution in [0.3, 0.4) is 0 Å². The minimum absolute atomic E-state index is 0.486. The number of H-pyrrole nitrogens is 1. The maximum atomic E-state index is 10.5. The molecule has 0 aromatic carbocycles. The molecule has 0 spiro atoms. The first kappa shape index (κ1) is 5.88. The van der Waals surface area contributed by atoms with Crippen molar-refractivity contribution >= 4 is 0 Å². The van der Waals surface area contributed by atoms with Crippen molar-refractivity contribution in [1.82, 2.24) is 4.98 Å². The highest BCUT2D eigenvalue weighted by Crippen LogP contribution is 1.93. The van der Waals surface area contributed by atoms with E-state index in [0.717, 1.165) is 0 Å². The molecule has 0 saturated heterocycles. The van der Waals surface area contributed by atoms with E-state index in [4.69, 9.17) is 0 Å². The van der Waals surface area contributed by atoms with Crippen molar-refractivity contribution in [2.24, 2.45) is 0 Å². The first-order valence-corrected chi connectivity index (χ1v) is 2.57. The molecular weight excluding hydrogens is 118 g/mol. The Hall–Kier alpha value is -1.25. The monoisotopic (exact) mass is 124 g/mol. The van der Waals surface area contributed by atoms with Crippen LogP contribution >= 0.6 is 0 Å². The molecule has 0 radical (unpaired) electrons. The van der Waals surface area contributed by atoms with Gasteiger partial charge in [0.25, 0.3) is 0 Å². The summed E-state index contributed by atoms with van der Waals surface area (Å²) in [6, 6.07) is 2.83. The Morgan fingerprint density at radius 1 is 1.56 bits per heavy atom.